The van der Waals surface area contributed by atoms with Gasteiger partial charge in [-0.25, -0.2) is 0 Å². The van der Waals surface area contributed by atoms with Crippen LogP contribution in [0.2, 0.25) is 5.02 Å². The van der Waals surface area contributed by atoms with Crippen LogP contribution in [0.25, 0.3) is 6.08 Å². The van der Waals surface area contributed by atoms with Crippen molar-refractivity contribution < 1.29 is 23.9 Å². The monoisotopic (exact) mass is 575 g/mol. The van der Waals surface area contributed by atoms with Crippen LogP contribution in [0.15, 0.2) is 97.1 Å². The summed E-state index contributed by atoms with van der Waals surface area (Å²) in [6, 6.07) is 25.0. The van der Waals surface area contributed by atoms with Crippen molar-refractivity contribution in [2.75, 3.05) is 19.1 Å². The zero-order chi connectivity index (χ0) is 29.2. The highest BCUT2D eigenvalue weighted by atomic mass is 35.5. The van der Waals surface area contributed by atoms with Crippen LogP contribution in [0.3, 0.4) is 0 Å². The quantitative estimate of drug-likeness (QED) is 0.195. The number of carbonyl (C=O) groups excluding carboxylic acids is 3. The number of benzene rings is 4. The third-order valence-electron chi connectivity index (χ3n) is 8.89. The lowest BCUT2D eigenvalue weighted by atomic mass is 9.64. The summed E-state index contributed by atoms with van der Waals surface area (Å²) >= 11 is 6.19. The summed E-state index contributed by atoms with van der Waals surface area (Å²) in [5, 5.41) is 0.503. The number of rotatable bonds is 5. The van der Waals surface area contributed by atoms with Gasteiger partial charge in [0.25, 0.3) is 0 Å². The molecule has 4 aromatic carbocycles. The lowest BCUT2D eigenvalue weighted by molar-refractivity contribution is 0.0665. The average molecular weight is 576 g/mol. The molecule has 3 aliphatic rings. The highest BCUT2D eigenvalue weighted by Crippen LogP contribution is 2.62. The van der Waals surface area contributed by atoms with Gasteiger partial charge in [0.15, 0.2) is 17.3 Å². The molecule has 0 saturated carbocycles. The Morgan fingerprint density at radius 1 is 0.833 bits per heavy atom. The van der Waals surface area contributed by atoms with E-state index in [0.717, 1.165) is 11.3 Å². The Morgan fingerprint density at radius 3 is 2.17 bits per heavy atom. The largest absolute Gasteiger partial charge is 0.497 e. The molecule has 7 rings (SSSR count). The molecule has 2 aliphatic heterocycles. The maximum Gasteiger partial charge on any atom is 0.185 e. The van der Waals surface area contributed by atoms with Crippen molar-refractivity contribution in [3.05, 3.63) is 130 Å². The maximum absolute atomic E-state index is 14.8. The van der Waals surface area contributed by atoms with Gasteiger partial charge >= 0.3 is 0 Å². The fourth-order valence-electron chi connectivity index (χ4n) is 7.12. The second-order valence-corrected chi connectivity index (χ2v) is 11.2. The summed E-state index contributed by atoms with van der Waals surface area (Å²) < 4.78 is 11.3. The van der Waals surface area contributed by atoms with E-state index in [1.807, 2.05) is 47.4 Å². The fraction of sp³-hybridized carbons (Fsp3) is 0.171. The Morgan fingerprint density at radius 2 is 1.50 bits per heavy atom. The minimum atomic E-state index is -1.62. The summed E-state index contributed by atoms with van der Waals surface area (Å²) in [6.07, 6.45) is 3.85. The van der Waals surface area contributed by atoms with Crippen LogP contribution in [0.5, 0.6) is 11.5 Å². The van der Waals surface area contributed by atoms with E-state index in [9.17, 15) is 14.4 Å². The first-order chi connectivity index (χ1) is 20.4. The van der Waals surface area contributed by atoms with Crippen molar-refractivity contribution in [1.29, 1.82) is 0 Å². The number of ketones is 3. The first-order valence-corrected chi connectivity index (χ1v) is 14.1. The summed E-state index contributed by atoms with van der Waals surface area (Å²) in [7, 11) is 3.09. The van der Waals surface area contributed by atoms with Crippen molar-refractivity contribution in [2.24, 2.45) is 5.41 Å². The van der Waals surface area contributed by atoms with Crippen LogP contribution in [0.4, 0.5) is 5.69 Å². The molecule has 1 fully saturated rings. The second kappa shape index (κ2) is 9.71. The van der Waals surface area contributed by atoms with Crippen molar-refractivity contribution in [1.82, 2.24) is 0 Å². The number of para-hydroxylation sites is 1. The molecule has 0 bridgehead atoms. The van der Waals surface area contributed by atoms with Gasteiger partial charge in [-0.15, -0.1) is 0 Å². The van der Waals surface area contributed by atoms with Crippen LogP contribution < -0.4 is 14.4 Å². The molecule has 2 heterocycles. The number of carbonyl (C=O) groups is 3. The Hall–Kier alpha value is -4.68. The molecule has 0 unspecified atom stereocenters. The molecular formula is C35H26ClNO5. The minimum Gasteiger partial charge on any atom is -0.497 e. The van der Waals surface area contributed by atoms with Crippen LogP contribution in [-0.4, -0.2) is 43.7 Å². The molecule has 42 heavy (non-hydrogen) atoms. The van der Waals surface area contributed by atoms with Gasteiger partial charge in [-0.05, 0) is 42.0 Å². The third-order valence-corrected chi connectivity index (χ3v) is 9.14. The Bertz CT molecular complexity index is 1780. The lowest BCUT2D eigenvalue weighted by Crippen LogP contribution is -2.48. The number of fused-ring (bicyclic) bond motifs is 5. The average Bonchev–Trinajstić information content (AvgIpc) is 3.46. The number of nitrogens with zero attached hydrogens (tertiary/aromatic N) is 1. The van der Waals surface area contributed by atoms with E-state index in [1.54, 1.807) is 67.8 Å². The van der Waals surface area contributed by atoms with E-state index >= 15 is 0 Å². The molecule has 4 aromatic rings. The number of anilines is 1. The van der Waals surface area contributed by atoms with Crippen molar-refractivity contribution in [3.8, 4) is 11.5 Å². The van der Waals surface area contributed by atoms with Gasteiger partial charge < -0.3 is 14.4 Å². The smallest absolute Gasteiger partial charge is 0.185 e. The number of hydrogen-bond donors (Lipinski definition) is 0. The highest BCUT2D eigenvalue weighted by Gasteiger charge is 2.72. The summed E-state index contributed by atoms with van der Waals surface area (Å²) in [6.45, 7) is 0. The predicted molar refractivity (Wildman–Crippen MR) is 161 cm³/mol. The molecule has 0 N–H and O–H groups in total. The lowest BCUT2D eigenvalue weighted by Gasteiger charge is -2.37. The Kier molecular flexibility index (Phi) is 6.06. The standard InChI is InChI=1S/C35H26ClNO5/c1-41-23-16-17-26(28(19-23)42-2)30-31(32(38)21-11-14-22(36)15-12-21)37-27-10-6-3-7-20(27)13-18-29(37)35(30)33(39)24-8-4-5-9-25(24)34(35)40/h3-19,29-31H,1-2H3/t29-,30-,31-/m1/s1. The zero-order valence-electron chi connectivity index (χ0n) is 22.9. The van der Waals surface area contributed by atoms with E-state index in [-0.39, 0.29) is 17.3 Å². The van der Waals surface area contributed by atoms with Crippen molar-refractivity contribution in [2.45, 2.75) is 18.0 Å². The maximum atomic E-state index is 14.8. The van der Waals surface area contributed by atoms with E-state index < -0.39 is 23.4 Å². The molecule has 7 heteroatoms. The van der Waals surface area contributed by atoms with E-state index in [1.165, 1.54) is 7.11 Å². The van der Waals surface area contributed by atoms with E-state index in [4.69, 9.17) is 21.1 Å². The van der Waals surface area contributed by atoms with Gasteiger partial charge in [-0.1, -0.05) is 72.3 Å². The molecule has 0 radical (unpaired) electrons. The number of halogens is 1. The molecule has 3 atom stereocenters. The van der Waals surface area contributed by atoms with Crippen LogP contribution >= 0.6 is 11.6 Å². The van der Waals surface area contributed by atoms with Gasteiger partial charge in [0, 0.05) is 44.9 Å². The number of hydrogen-bond acceptors (Lipinski definition) is 6. The summed E-state index contributed by atoms with van der Waals surface area (Å²) in [5.74, 6) is -0.722. The number of Topliss-reactive ketones (excluding diaryl/α,β-unsaturated/α-hetero) is 3. The topological polar surface area (TPSA) is 72.9 Å². The zero-order valence-corrected chi connectivity index (χ0v) is 23.7. The van der Waals surface area contributed by atoms with Crippen LogP contribution in [0.1, 0.15) is 48.1 Å². The number of ether oxygens (including phenoxy) is 2. The second-order valence-electron chi connectivity index (χ2n) is 10.7. The predicted octanol–water partition coefficient (Wildman–Crippen LogP) is 6.67. The van der Waals surface area contributed by atoms with Crippen LogP contribution in [-0.2, 0) is 0 Å². The van der Waals surface area contributed by atoms with E-state index in [2.05, 4.69) is 0 Å². The van der Waals surface area contributed by atoms with Crippen molar-refractivity contribution >= 4 is 40.7 Å². The van der Waals surface area contributed by atoms with Gasteiger partial charge in [-0.3, -0.25) is 14.4 Å². The summed E-state index contributed by atoms with van der Waals surface area (Å²) in [5.41, 5.74) is 1.81. The summed E-state index contributed by atoms with van der Waals surface area (Å²) in [4.78, 5) is 46.3. The molecule has 1 aliphatic carbocycles. The molecule has 208 valence electrons. The first kappa shape index (κ1) is 26.2. The van der Waals surface area contributed by atoms with Crippen LogP contribution in [0, 0.1) is 5.41 Å². The SMILES string of the molecule is COc1ccc([C@@H]2[C@H](C(=O)c3ccc(Cl)cc3)N3c4ccccc4C=C[C@@H]3C23C(=O)c2ccccc2C3=O)c(OC)c1. The van der Waals surface area contributed by atoms with Gasteiger partial charge in [-0.2, -0.15) is 0 Å². The molecule has 0 amide bonds. The molecule has 1 saturated heterocycles. The Balaban J connectivity index is 1.57. The molecular weight excluding hydrogens is 550 g/mol. The Labute approximate surface area is 248 Å². The van der Waals surface area contributed by atoms with Gasteiger partial charge in [0.2, 0.25) is 0 Å². The highest BCUT2D eigenvalue weighted by molar-refractivity contribution is 6.32. The van der Waals surface area contributed by atoms with E-state index in [0.29, 0.717) is 38.8 Å². The number of methoxy groups -OCH3 is 2. The third kappa shape index (κ3) is 3.48. The molecule has 0 aromatic heterocycles. The molecule has 6 nitrogen and oxygen atoms in total. The van der Waals surface area contributed by atoms with Gasteiger partial charge in [0.1, 0.15) is 23.0 Å². The van der Waals surface area contributed by atoms with Gasteiger partial charge in [0.05, 0.1) is 20.3 Å². The molecule has 1 spiro atoms. The normalized spacial score (nSPS) is 21.2. The first-order valence-electron chi connectivity index (χ1n) is 13.7. The fourth-order valence-corrected chi connectivity index (χ4v) is 7.25. The minimum absolute atomic E-state index is 0.224. The van der Waals surface area contributed by atoms with Crippen molar-refractivity contribution in [3.63, 3.8) is 0 Å².